The quantitative estimate of drug-likeness (QED) is 0.746. The first kappa shape index (κ1) is 17.6. The first-order valence-corrected chi connectivity index (χ1v) is 8.39. The Balaban J connectivity index is 1.88. The molecule has 1 aliphatic rings. The Bertz CT molecular complexity index is 498. The van der Waals surface area contributed by atoms with Gasteiger partial charge in [0, 0.05) is 24.9 Å². The van der Waals surface area contributed by atoms with Crippen LogP contribution in [-0.4, -0.2) is 39.4 Å². The van der Waals surface area contributed by atoms with E-state index in [2.05, 4.69) is 5.32 Å². The van der Waals surface area contributed by atoms with Crippen molar-refractivity contribution in [2.24, 2.45) is 5.92 Å². The smallest absolute Gasteiger partial charge is 0.306 e. The molecule has 128 valence electrons. The topological polar surface area (TPSA) is 56.8 Å². The number of aryl methyl sites for hydroxylation is 1. The van der Waals surface area contributed by atoms with E-state index in [1.54, 1.807) is 7.11 Å². The summed E-state index contributed by atoms with van der Waals surface area (Å²) >= 11 is 0. The van der Waals surface area contributed by atoms with Crippen molar-refractivity contribution >= 4 is 5.97 Å². The van der Waals surface area contributed by atoms with Gasteiger partial charge in [0.1, 0.15) is 11.5 Å². The molecule has 0 aliphatic carbocycles. The van der Waals surface area contributed by atoms with Gasteiger partial charge in [-0.2, -0.15) is 0 Å². The molecular formula is C18H27NO4. The van der Waals surface area contributed by atoms with Gasteiger partial charge >= 0.3 is 5.97 Å². The molecule has 0 radical (unpaired) electrons. The van der Waals surface area contributed by atoms with E-state index >= 15 is 0 Å². The van der Waals surface area contributed by atoms with Gasteiger partial charge in [-0.15, -0.1) is 0 Å². The fourth-order valence-electron chi connectivity index (χ4n) is 2.77. The molecule has 1 unspecified atom stereocenters. The van der Waals surface area contributed by atoms with Crippen LogP contribution in [0.2, 0.25) is 0 Å². The summed E-state index contributed by atoms with van der Waals surface area (Å²) in [5.41, 5.74) is 0.993. The number of carbonyl (C=O) groups excluding carboxylic acids is 1. The van der Waals surface area contributed by atoms with Crippen LogP contribution in [-0.2, 0) is 16.0 Å². The number of benzene rings is 1. The lowest BCUT2D eigenvalue weighted by Gasteiger charge is -2.23. The van der Waals surface area contributed by atoms with Gasteiger partial charge in [0.05, 0.1) is 20.3 Å². The fraction of sp³-hybridized carbons (Fsp3) is 0.611. The molecule has 1 N–H and O–H groups in total. The minimum absolute atomic E-state index is 0.181. The van der Waals surface area contributed by atoms with Gasteiger partial charge in [-0.05, 0) is 44.4 Å². The number of nitrogens with one attached hydrogen (secondary N) is 1. The van der Waals surface area contributed by atoms with Gasteiger partial charge in [-0.3, -0.25) is 4.79 Å². The number of methoxy groups -OCH3 is 1. The molecule has 1 heterocycles. The second-order valence-electron chi connectivity index (χ2n) is 5.80. The molecule has 0 spiro atoms. The van der Waals surface area contributed by atoms with Crippen LogP contribution < -0.4 is 14.8 Å². The number of esters is 1. The van der Waals surface area contributed by atoms with Crippen LogP contribution >= 0.6 is 0 Å². The number of hydrogen-bond acceptors (Lipinski definition) is 5. The number of carbonyl (C=O) groups is 1. The Labute approximate surface area is 138 Å². The van der Waals surface area contributed by atoms with Gasteiger partial charge in [-0.1, -0.05) is 6.07 Å². The third kappa shape index (κ3) is 5.75. The van der Waals surface area contributed by atoms with Gasteiger partial charge in [-0.25, -0.2) is 0 Å². The van der Waals surface area contributed by atoms with E-state index in [-0.39, 0.29) is 5.97 Å². The van der Waals surface area contributed by atoms with Crippen molar-refractivity contribution in [3.8, 4) is 11.5 Å². The average molecular weight is 321 g/mol. The molecule has 23 heavy (non-hydrogen) atoms. The lowest BCUT2D eigenvalue weighted by molar-refractivity contribution is -0.143. The van der Waals surface area contributed by atoms with E-state index in [1.807, 2.05) is 25.1 Å². The third-order valence-corrected chi connectivity index (χ3v) is 4.05. The van der Waals surface area contributed by atoms with Crippen LogP contribution in [0, 0.1) is 5.92 Å². The Kier molecular flexibility index (Phi) is 7.20. The van der Waals surface area contributed by atoms with Crippen molar-refractivity contribution in [3.63, 3.8) is 0 Å². The first-order valence-electron chi connectivity index (χ1n) is 8.39. The molecule has 5 heteroatoms. The van der Waals surface area contributed by atoms with Crippen LogP contribution in [0.4, 0.5) is 0 Å². The van der Waals surface area contributed by atoms with Gasteiger partial charge in [0.25, 0.3) is 0 Å². The maximum Gasteiger partial charge on any atom is 0.306 e. The second kappa shape index (κ2) is 9.40. The number of piperidine rings is 1. The molecular weight excluding hydrogens is 294 g/mol. The summed E-state index contributed by atoms with van der Waals surface area (Å²) in [5.74, 6) is 1.96. The minimum atomic E-state index is -0.181. The van der Waals surface area contributed by atoms with E-state index in [0.29, 0.717) is 25.4 Å². The predicted octanol–water partition coefficient (Wildman–Crippen LogP) is 2.57. The largest absolute Gasteiger partial charge is 0.496 e. The summed E-state index contributed by atoms with van der Waals surface area (Å²) in [6.45, 7) is 5.08. The molecule has 0 bridgehead atoms. The summed E-state index contributed by atoms with van der Waals surface area (Å²) in [6.07, 6.45) is 3.39. The molecule has 1 saturated heterocycles. The summed E-state index contributed by atoms with van der Waals surface area (Å²) in [4.78, 5) is 11.5. The van der Waals surface area contributed by atoms with E-state index in [4.69, 9.17) is 14.2 Å². The zero-order valence-electron chi connectivity index (χ0n) is 14.1. The maximum atomic E-state index is 11.5. The molecule has 2 rings (SSSR count). The van der Waals surface area contributed by atoms with E-state index in [1.165, 1.54) is 12.8 Å². The summed E-state index contributed by atoms with van der Waals surface area (Å²) in [7, 11) is 1.64. The highest BCUT2D eigenvalue weighted by molar-refractivity contribution is 5.69. The molecule has 1 aromatic rings. The van der Waals surface area contributed by atoms with Crippen LogP contribution in [0.1, 0.15) is 31.7 Å². The summed E-state index contributed by atoms with van der Waals surface area (Å²) in [5, 5.41) is 3.39. The van der Waals surface area contributed by atoms with E-state index in [9.17, 15) is 4.79 Å². The lowest BCUT2D eigenvalue weighted by atomic mass is 10.0. The van der Waals surface area contributed by atoms with E-state index < -0.39 is 0 Å². The van der Waals surface area contributed by atoms with E-state index in [0.717, 1.165) is 36.8 Å². The zero-order chi connectivity index (χ0) is 16.5. The first-order chi connectivity index (χ1) is 11.2. The van der Waals surface area contributed by atoms with Crippen LogP contribution in [0.3, 0.4) is 0 Å². The predicted molar refractivity (Wildman–Crippen MR) is 89.0 cm³/mol. The molecule has 0 saturated carbocycles. The van der Waals surface area contributed by atoms with Crippen molar-refractivity contribution in [1.82, 2.24) is 5.32 Å². The highest BCUT2D eigenvalue weighted by atomic mass is 16.5. The van der Waals surface area contributed by atoms with Crippen molar-refractivity contribution in [2.45, 2.75) is 32.6 Å². The molecule has 0 amide bonds. The molecule has 1 atom stereocenters. The Hall–Kier alpha value is -1.75. The fourth-order valence-corrected chi connectivity index (χ4v) is 2.77. The monoisotopic (exact) mass is 321 g/mol. The Morgan fingerprint density at radius 1 is 1.39 bits per heavy atom. The molecule has 0 aromatic heterocycles. The number of rotatable bonds is 8. The lowest BCUT2D eigenvalue weighted by Crippen LogP contribution is -2.33. The molecule has 1 fully saturated rings. The van der Waals surface area contributed by atoms with Crippen molar-refractivity contribution in [1.29, 1.82) is 0 Å². The highest BCUT2D eigenvalue weighted by Crippen LogP contribution is 2.26. The van der Waals surface area contributed by atoms with Crippen LogP contribution in [0.5, 0.6) is 11.5 Å². The zero-order valence-corrected chi connectivity index (χ0v) is 14.1. The van der Waals surface area contributed by atoms with Crippen LogP contribution in [0.15, 0.2) is 18.2 Å². The Morgan fingerprint density at radius 3 is 2.96 bits per heavy atom. The Morgan fingerprint density at radius 2 is 2.26 bits per heavy atom. The molecule has 1 aromatic carbocycles. The maximum absolute atomic E-state index is 11.5. The summed E-state index contributed by atoms with van der Waals surface area (Å²) in [6, 6.07) is 5.81. The van der Waals surface area contributed by atoms with Gasteiger partial charge < -0.3 is 19.5 Å². The highest BCUT2D eigenvalue weighted by Gasteiger charge is 2.14. The minimum Gasteiger partial charge on any atom is -0.496 e. The molecule has 5 nitrogen and oxygen atoms in total. The van der Waals surface area contributed by atoms with Gasteiger partial charge in [0.15, 0.2) is 0 Å². The summed E-state index contributed by atoms with van der Waals surface area (Å²) < 4.78 is 16.3. The van der Waals surface area contributed by atoms with Crippen molar-refractivity contribution < 1.29 is 19.0 Å². The average Bonchev–Trinajstić information content (AvgIpc) is 2.59. The van der Waals surface area contributed by atoms with Crippen molar-refractivity contribution in [2.75, 3.05) is 33.4 Å². The standard InChI is InChI=1S/C18H27NO4/c1-3-22-18(20)9-7-15-6-8-16(11-17(15)21-2)23-13-14-5-4-10-19-12-14/h6,8,11,14,19H,3-5,7,9-10,12-13H2,1-2H3. The third-order valence-electron chi connectivity index (χ3n) is 4.05. The van der Waals surface area contributed by atoms with Gasteiger partial charge in [0.2, 0.25) is 0 Å². The number of ether oxygens (including phenoxy) is 3. The van der Waals surface area contributed by atoms with Crippen LogP contribution in [0.25, 0.3) is 0 Å². The van der Waals surface area contributed by atoms with Crippen molar-refractivity contribution in [3.05, 3.63) is 23.8 Å². The SMILES string of the molecule is CCOC(=O)CCc1ccc(OCC2CCCNC2)cc1OC. The number of hydrogen-bond donors (Lipinski definition) is 1. The molecule has 1 aliphatic heterocycles. The second-order valence-corrected chi connectivity index (χ2v) is 5.80. The normalized spacial score (nSPS) is 17.6.